The Labute approximate surface area is 68.3 Å². The van der Waals surface area contributed by atoms with Crippen LogP contribution in [-0.2, 0) is 0 Å². The van der Waals surface area contributed by atoms with Gasteiger partial charge in [0.15, 0.2) is 0 Å². The number of hydrogen-bond donors (Lipinski definition) is 3. The predicted molar refractivity (Wildman–Crippen MR) is 45.9 cm³/mol. The zero-order valence-corrected chi connectivity index (χ0v) is 7.19. The van der Waals surface area contributed by atoms with Crippen molar-refractivity contribution in [3.8, 4) is 0 Å². The molecular weight excluding hydrogens is 140 g/mol. The second-order valence-electron chi connectivity index (χ2n) is 2.84. The number of hydrogen-bond acceptors (Lipinski definition) is 4. The third-order valence-electron chi connectivity index (χ3n) is 1.82. The predicted octanol–water partition coefficient (Wildman–Crippen LogP) is -0.689. The monoisotopic (exact) mass is 158 g/mol. The Morgan fingerprint density at radius 1 is 1.55 bits per heavy atom. The summed E-state index contributed by atoms with van der Waals surface area (Å²) >= 11 is 0. The maximum absolute atomic E-state index is 3.13. The third kappa shape index (κ3) is 3.67. The maximum Gasteiger partial charge on any atom is 0.0156 e. The molecule has 0 atom stereocenters. The van der Waals surface area contributed by atoms with E-state index < -0.39 is 0 Å². The summed E-state index contributed by atoms with van der Waals surface area (Å²) in [5, 5.41) is 5.36. The van der Waals surface area contributed by atoms with Gasteiger partial charge in [-0.2, -0.15) is 5.53 Å². The summed E-state index contributed by atoms with van der Waals surface area (Å²) < 4.78 is 0. The Kier molecular flexibility index (Phi) is 4.45. The molecule has 0 aliphatic carbocycles. The van der Waals surface area contributed by atoms with Gasteiger partial charge in [0.1, 0.15) is 0 Å². The van der Waals surface area contributed by atoms with E-state index in [0.29, 0.717) is 0 Å². The molecule has 0 radical (unpaired) electrons. The molecule has 3 N–H and O–H groups in total. The summed E-state index contributed by atoms with van der Waals surface area (Å²) in [4.78, 5) is 0. The highest BCUT2D eigenvalue weighted by atomic mass is 15.7. The number of nitrogens with one attached hydrogen (secondary N) is 3. The second kappa shape index (κ2) is 5.49. The lowest BCUT2D eigenvalue weighted by Gasteiger charge is -2.27. The molecule has 1 saturated heterocycles. The topological polar surface area (TPSA) is 39.3 Å². The van der Waals surface area contributed by atoms with E-state index in [9.17, 15) is 0 Å². The molecule has 0 saturated carbocycles. The Morgan fingerprint density at radius 3 is 3.09 bits per heavy atom. The lowest BCUT2D eigenvalue weighted by molar-refractivity contribution is 0.116. The average molecular weight is 158 g/mol. The Balaban J connectivity index is 1.96. The van der Waals surface area contributed by atoms with Crippen LogP contribution in [0.4, 0.5) is 0 Å². The molecular formula is C7H18N4. The Hall–Kier alpha value is -0.160. The van der Waals surface area contributed by atoms with Gasteiger partial charge in [0.05, 0.1) is 0 Å². The first-order valence-corrected chi connectivity index (χ1v) is 4.31. The molecule has 66 valence electrons. The summed E-state index contributed by atoms with van der Waals surface area (Å²) in [7, 11) is 1.99. The van der Waals surface area contributed by atoms with Crippen molar-refractivity contribution in [1.29, 1.82) is 0 Å². The highest BCUT2D eigenvalue weighted by Crippen LogP contribution is 1.91. The van der Waals surface area contributed by atoms with E-state index in [4.69, 9.17) is 0 Å². The third-order valence-corrected chi connectivity index (χ3v) is 1.82. The van der Waals surface area contributed by atoms with Crippen molar-refractivity contribution < 1.29 is 0 Å². The highest BCUT2D eigenvalue weighted by molar-refractivity contribution is 4.58. The lowest BCUT2D eigenvalue weighted by Crippen LogP contribution is -2.53. The fraction of sp³-hybridized carbons (Fsp3) is 1.00. The molecule has 1 heterocycles. The molecule has 1 aliphatic rings. The molecule has 0 aromatic rings. The van der Waals surface area contributed by atoms with Crippen molar-refractivity contribution in [2.24, 2.45) is 0 Å². The van der Waals surface area contributed by atoms with E-state index in [1.54, 1.807) is 0 Å². The summed E-state index contributed by atoms with van der Waals surface area (Å²) in [6, 6.07) is 0. The molecule has 1 rings (SSSR count). The number of hydrazine groups is 2. The van der Waals surface area contributed by atoms with Gasteiger partial charge in [0.25, 0.3) is 0 Å². The van der Waals surface area contributed by atoms with Crippen LogP contribution in [0, 0.1) is 0 Å². The standard InChI is InChI=1S/C7H18N4/c1-8-4-2-6-11-7-3-5-9-10-11/h8-10H,2-7H2,1H3. The summed E-state index contributed by atoms with van der Waals surface area (Å²) in [5.41, 5.74) is 6.25. The van der Waals surface area contributed by atoms with E-state index in [2.05, 4.69) is 21.3 Å². The molecule has 0 unspecified atom stereocenters. The molecule has 1 aliphatic heterocycles. The van der Waals surface area contributed by atoms with Gasteiger partial charge < -0.3 is 5.32 Å². The van der Waals surface area contributed by atoms with Gasteiger partial charge in [0, 0.05) is 19.6 Å². The minimum atomic E-state index is 1.09. The van der Waals surface area contributed by atoms with Crippen LogP contribution < -0.4 is 16.3 Å². The van der Waals surface area contributed by atoms with Gasteiger partial charge in [-0.3, -0.25) is 0 Å². The molecule has 4 heteroatoms. The molecule has 0 amide bonds. The van der Waals surface area contributed by atoms with Crippen LogP contribution in [-0.4, -0.2) is 38.2 Å². The quantitative estimate of drug-likeness (QED) is 0.474. The summed E-state index contributed by atoms with van der Waals surface area (Å²) in [6.07, 6.45) is 2.44. The average Bonchev–Trinajstić information content (AvgIpc) is 2.07. The van der Waals surface area contributed by atoms with Crippen LogP contribution in [0.5, 0.6) is 0 Å². The maximum atomic E-state index is 3.13. The van der Waals surface area contributed by atoms with E-state index >= 15 is 0 Å². The van der Waals surface area contributed by atoms with E-state index in [-0.39, 0.29) is 0 Å². The van der Waals surface area contributed by atoms with Crippen molar-refractivity contribution in [2.45, 2.75) is 12.8 Å². The van der Waals surface area contributed by atoms with Gasteiger partial charge in [0.2, 0.25) is 0 Å². The second-order valence-corrected chi connectivity index (χ2v) is 2.84. The smallest absolute Gasteiger partial charge is 0.0156 e. The number of nitrogens with zero attached hydrogens (tertiary/aromatic N) is 1. The SMILES string of the molecule is CNCCCN1CCCNN1. The van der Waals surface area contributed by atoms with Gasteiger partial charge in [-0.1, -0.05) is 0 Å². The van der Waals surface area contributed by atoms with Gasteiger partial charge >= 0.3 is 0 Å². The fourth-order valence-electron chi connectivity index (χ4n) is 1.20. The van der Waals surface area contributed by atoms with Crippen molar-refractivity contribution in [2.75, 3.05) is 33.2 Å². The van der Waals surface area contributed by atoms with Crippen LogP contribution >= 0.6 is 0 Å². The normalized spacial score (nSPS) is 20.5. The number of rotatable bonds is 4. The lowest BCUT2D eigenvalue weighted by atomic mass is 10.3. The van der Waals surface area contributed by atoms with Crippen molar-refractivity contribution >= 4 is 0 Å². The Bertz CT molecular complexity index is 90.4. The van der Waals surface area contributed by atoms with Crippen LogP contribution in [0.15, 0.2) is 0 Å². The van der Waals surface area contributed by atoms with E-state index in [1.165, 1.54) is 12.8 Å². The van der Waals surface area contributed by atoms with E-state index in [1.807, 2.05) is 7.05 Å². The molecule has 0 spiro atoms. The van der Waals surface area contributed by atoms with Crippen LogP contribution in [0.2, 0.25) is 0 Å². The summed E-state index contributed by atoms with van der Waals surface area (Å²) in [5.74, 6) is 0. The van der Waals surface area contributed by atoms with E-state index in [0.717, 1.165) is 26.2 Å². The minimum absolute atomic E-state index is 1.09. The first-order chi connectivity index (χ1) is 5.43. The zero-order chi connectivity index (χ0) is 7.94. The van der Waals surface area contributed by atoms with Crippen LogP contribution in [0.25, 0.3) is 0 Å². The van der Waals surface area contributed by atoms with Gasteiger partial charge in [-0.25, -0.2) is 10.4 Å². The van der Waals surface area contributed by atoms with Gasteiger partial charge in [-0.15, -0.1) is 0 Å². The molecule has 0 bridgehead atoms. The first kappa shape index (κ1) is 8.93. The zero-order valence-electron chi connectivity index (χ0n) is 7.19. The molecule has 0 aromatic carbocycles. The van der Waals surface area contributed by atoms with Crippen molar-refractivity contribution in [3.63, 3.8) is 0 Å². The summed E-state index contributed by atoms with van der Waals surface area (Å²) in [6.45, 7) is 4.46. The molecule has 11 heavy (non-hydrogen) atoms. The van der Waals surface area contributed by atoms with Crippen LogP contribution in [0.1, 0.15) is 12.8 Å². The Morgan fingerprint density at radius 2 is 2.45 bits per heavy atom. The largest absolute Gasteiger partial charge is 0.320 e. The minimum Gasteiger partial charge on any atom is -0.320 e. The molecule has 0 aromatic heterocycles. The fourth-order valence-corrected chi connectivity index (χ4v) is 1.20. The first-order valence-electron chi connectivity index (χ1n) is 4.31. The van der Waals surface area contributed by atoms with Crippen LogP contribution in [0.3, 0.4) is 0 Å². The highest BCUT2D eigenvalue weighted by Gasteiger charge is 2.06. The van der Waals surface area contributed by atoms with Crippen molar-refractivity contribution in [1.82, 2.24) is 21.3 Å². The van der Waals surface area contributed by atoms with Gasteiger partial charge in [-0.05, 0) is 26.4 Å². The molecule has 4 nitrogen and oxygen atoms in total. The molecule has 1 fully saturated rings. The van der Waals surface area contributed by atoms with Crippen molar-refractivity contribution in [3.05, 3.63) is 0 Å².